The number of nitrogens with zero attached hydrogens (tertiary/aromatic N) is 1. The van der Waals surface area contributed by atoms with E-state index in [2.05, 4.69) is 38.0 Å². The first kappa shape index (κ1) is 16.3. The summed E-state index contributed by atoms with van der Waals surface area (Å²) < 4.78 is 12.9. The number of aliphatic imine (C=N–C) groups is 1. The Morgan fingerprint density at radius 1 is 1.33 bits per heavy atom. The highest BCUT2D eigenvalue weighted by atomic mass is 32.2. The molecule has 1 aliphatic heterocycles. The topological polar surface area (TPSA) is 24.4 Å². The van der Waals surface area contributed by atoms with Gasteiger partial charge in [0.25, 0.3) is 0 Å². The van der Waals surface area contributed by atoms with Crippen molar-refractivity contribution in [2.75, 3.05) is 6.54 Å². The lowest BCUT2D eigenvalue weighted by Gasteiger charge is -2.22. The van der Waals surface area contributed by atoms with Gasteiger partial charge in [0, 0.05) is 11.3 Å². The van der Waals surface area contributed by atoms with Gasteiger partial charge < -0.3 is 5.32 Å². The van der Waals surface area contributed by atoms with E-state index >= 15 is 0 Å². The van der Waals surface area contributed by atoms with Crippen LogP contribution < -0.4 is 5.32 Å². The van der Waals surface area contributed by atoms with E-state index in [1.165, 1.54) is 18.6 Å². The highest BCUT2D eigenvalue weighted by Gasteiger charge is 2.25. The van der Waals surface area contributed by atoms with Gasteiger partial charge in [0.05, 0.1) is 6.54 Å². The molecule has 0 amide bonds. The van der Waals surface area contributed by atoms with Crippen LogP contribution in [0.15, 0.2) is 29.3 Å². The Hall–Kier alpha value is -1.03. The van der Waals surface area contributed by atoms with Gasteiger partial charge in [-0.2, -0.15) is 0 Å². The van der Waals surface area contributed by atoms with Crippen molar-refractivity contribution in [2.45, 2.75) is 51.8 Å². The van der Waals surface area contributed by atoms with Gasteiger partial charge in [0.1, 0.15) is 5.82 Å². The first-order valence-electron chi connectivity index (χ1n) is 7.54. The fourth-order valence-electron chi connectivity index (χ4n) is 2.52. The lowest BCUT2D eigenvalue weighted by molar-refractivity contribution is 0.375. The van der Waals surface area contributed by atoms with E-state index in [4.69, 9.17) is 0 Å². The van der Waals surface area contributed by atoms with Crippen molar-refractivity contribution in [3.63, 3.8) is 0 Å². The zero-order valence-electron chi connectivity index (χ0n) is 13.3. The van der Waals surface area contributed by atoms with Gasteiger partial charge in [-0.1, -0.05) is 44.7 Å². The molecule has 1 aliphatic rings. The zero-order chi connectivity index (χ0) is 15.5. The summed E-state index contributed by atoms with van der Waals surface area (Å²) in [7, 11) is 0. The molecule has 21 heavy (non-hydrogen) atoms. The Morgan fingerprint density at radius 2 is 2.00 bits per heavy atom. The smallest absolute Gasteiger partial charge is 0.157 e. The summed E-state index contributed by atoms with van der Waals surface area (Å²) in [5, 5.41) is 5.12. The first-order chi connectivity index (χ1) is 9.82. The molecule has 1 N–H and O–H groups in total. The predicted octanol–water partition coefficient (Wildman–Crippen LogP) is 4.25. The van der Waals surface area contributed by atoms with E-state index in [0.717, 1.165) is 23.7 Å². The van der Waals surface area contributed by atoms with E-state index in [1.54, 1.807) is 0 Å². The molecule has 1 heterocycles. The highest BCUT2D eigenvalue weighted by molar-refractivity contribution is 8.14. The molecule has 1 aromatic carbocycles. The minimum atomic E-state index is -0.180. The minimum absolute atomic E-state index is 0.180. The van der Waals surface area contributed by atoms with Crippen molar-refractivity contribution < 1.29 is 4.39 Å². The number of amidine groups is 1. The molecule has 0 saturated carbocycles. The Balaban J connectivity index is 1.79. The number of rotatable bonds is 4. The van der Waals surface area contributed by atoms with Gasteiger partial charge in [0.2, 0.25) is 0 Å². The molecule has 4 heteroatoms. The van der Waals surface area contributed by atoms with Crippen LogP contribution in [0.2, 0.25) is 0 Å². The summed E-state index contributed by atoms with van der Waals surface area (Å²) in [6.07, 6.45) is 2.06. The van der Waals surface area contributed by atoms with Crippen molar-refractivity contribution in [3.05, 3.63) is 35.6 Å². The fraction of sp³-hybridized carbons (Fsp3) is 0.588. The maximum Gasteiger partial charge on any atom is 0.157 e. The second-order valence-corrected chi connectivity index (χ2v) is 8.32. The number of hydrogen-bond donors (Lipinski definition) is 1. The summed E-state index contributed by atoms with van der Waals surface area (Å²) in [6, 6.07) is 7.03. The summed E-state index contributed by atoms with van der Waals surface area (Å²) in [6.45, 7) is 9.87. The predicted molar refractivity (Wildman–Crippen MR) is 90.5 cm³/mol. The third-order valence-electron chi connectivity index (χ3n) is 3.38. The maximum absolute atomic E-state index is 12.9. The Morgan fingerprint density at radius 3 is 2.62 bits per heavy atom. The Bertz CT molecular complexity index is 491. The average Bonchev–Trinajstić information content (AvgIpc) is 2.77. The Kier molecular flexibility index (Phi) is 5.31. The fourth-order valence-corrected chi connectivity index (χ4v) is 3.99. The molecule has 116 valence electrons. The van der Waals surface area contributed by atoms with Crippen molar-refractivity contribution in [3.8, 4) is 0 Å². The molecular weight excluding hydrogens is 283 g/mol. The molecule has 0 fully saturated rings. The van der Waals surface area contributed by atoms with E-state index in [0.29, 0.717) is 16.7 Å². The van der Waals surface area contributed by atoms with Gasteiger partial charge in [-0.05, 0) is 42.9 Å². The largest absolute Gasteiger partial charge is 0.362 e. The van der Waals surface area contributed by atoms with E-state index in [1.807, 2.05) is 23.9 Å². The van der Waals surface area contributed by atoms with Crippen molar-refractivity contribution in [1.29, 1.82) is 0 Å². The molecule has 2 nitrogen and oxygen atoms in total. The summed E-state index contributed by atoms with van der Waals surface area (Å²) >= 11 is 1.86. The van der Waals surface area contributed by atoms with Crippen LogP contribution in [0.5, 0.6) is 0 Å². The molecule has 0 aliphatic carbocycles. The summed E-state index contributed by atoms with van der Waals surface area (Å²) in [5.74, 6) is -0.180. The van der Waals surface area contributed by atoms with Crippen LogP contribution in [0.4, 0.5) is 4.39 Å². The van der Waals surface area contributed by atoms with Crippen LogP contribution >= 0.6 is 11.8 Å². The molecule has 1 aromatic rings. The Labute approximate surface area is 131 Å². The lowest BCUT2D eigenvalue weighted by Crippen LogP contribution is -2.31. The number of nitrogens with one attached hydrogen (secondary N) is 1. The maximum atomic E-state index is 12.9. The van der Waals surface area contributed by atoms with Crippen molar-refractivity contribution in [1.82, 2.24) is 5.32 Å². The minimum Gasteiger partial charge on any atom is -0.362 e. The first-order valence-corrected chi connectivity index (χ1v) is 8.42. The molecule has 0 spiro atoms. The zero-order valence-corrected chi connectivity index (χ0v) is 14.1. The van der Waals surface area contributed by atoms with Gasteiger partial charge in [-0.15, -0.1) is 0 Å². The number of hydrogen-bond acceptors (Lipinski definition) is 3. The third kappa shape index (κ3) is 5.70. The van der Waals surface area contributed by atoms with Crippen LogP contribution in [-0.4, -0.2) is 23.0 Å². The molecule has 2 unspecified atom stereocenters. The van der Waals surface area contributed by atoms with Crippen LogP contribution in [0.3, 0.4) is 0 Å². The van der Waals surface area contributed by atoms with Gasteiger partial charge in [-0.25, -0.2) is 4.39 Å². The van der Waals surface area contributed by atoms with Crippen LogP contribution in [0, 0.1) is 11.2 Å². The number of benzene rings is 1. The van der Waals surface area contributed by atoms with Crippen molar-refractivity contribution >= 4 is 16.9 Å². The van der Waals surface area contributed by atoms with Gasteiger partial charge in [0.15, 0.2) is 5.17 Å². The monoisotopic (exact) mass is 308 g/mol. The second-order valence-electron chi connectivity index (χ2n) is 7.03. The molecule has 2 atom stereocenters. The molecular formula is C17H25FN2S. The standard InChI is InChI=1S/C17H25FN2S/c1-12(9-13-5-7-14(18)8-6-13)20-16-19-11-15(21-16)10-17(2,3)4/h5-8,12,15H,9-11H2,1-4H3,(H,19,20). The average molecular weight is 308 g/mol. The number of halogens is 1. The third-order valence-corrected chi connectivity index (χ3v) is 4.50. The molecule has 0 bridgehead atoms. The highest BCUT2D eigenvalue weighted by Crippen LogP contribution is 2.31. The summed E-state index contributed by atoms with van der Waals surface area (Å²) in [5.41, 5.74) is 1.49. The quantitative estimate of drug-likeness (QED) is 0.899. The SMILES string of the molecule is CC(Cc1ccc(F)cc1)NC1=NCC(CC(C)(C)C)S1. The normalized spacial score (nSPS) is 20.2. The van der Waals surface area contributed by atoms with Crippen LogP contribution in [-0.2, 0) is 6.42 Å². The van der Waals surface area contributed by atoms with Crippen molar-refractivity contribution in [2.24, 2.45) is 10.4 Å². The van der Waals surface area contributed by atoms with E-state index in [9.17, 15) is 4.39 Å². The molecule has 2 rings (SSSR count). The molecule has 0 saturated heterocycles. The van der Waals surface area contributed by atoms with E-state index < -0.39 is 0 Å². The van der Waals surface area contributed by atoms with Crippen LogP contribution in [0.1, 0.15) is 39.7 Å². The van der Waals surface area contributed by atoms with Crippen LogP contribution in [0.25, 0.3) is 0 Å². The lowest BCUT2D eigenvalue weighted by atomic mass is 9.90. The number of thioether (sulfide) groups is 1. The van der Waals surface area contributed by atoms with E-state index in [-0.39, 0.29) is 5.82 Å². The summed E-state index contributed by atoms with van der Waals surface area (Å²) in [4.78, 5) is 4.61. The van der Waals surface area contributed by atoms with Gasteiger partial charge >= 0.3 is 0 Å². The second kappa shape index (κ2) is 6.82. The molecule has 0 aromatic heterocycles. The molecule has 0 radical (unpaired) electrons. The van der Waals surface area contributed by atoms with Gasteiger partial charge in [-0.3, -0.25) is 4.99 Å².